The summed E-state index contributed by atoms with van der Waals surface area (Å²) in [7, 11) is 0. The van der Waals surface area contributed by atoms with Crippen molar-refractivity contribution >= 4 is 415 Å². The zero-order valence-electron chi connectivity index (χ0n) is 52.2. The molecule has 0 saturated heterocycles. The largest absolute Gasteiger partial charge is 0.121 e. The van der Waals surface area contributed by atoms with E-state index in [1.165, 1.54) is 57.4 Å². The smallest absolute Gasteiger partial charge is 0.0657 e. The lowest BCUT2D eigenvalue weighted by Crippen LogP contribution is -2.64. The Labute approximate surface area is 589 Å². The molecule has 0 nitrogen and oxygen atoms in total. The molecule has 0 fully saturated rings. The molecule has 0 saturated carbocycles. The molecule has 2 bridgehead atoms. The number of hydrogen-bond acceptors (Lipinski definition) is 8. The second-order valence-electron chi connectivity index (χ2n) is 33.1. The van der Waals surface area contributed by atoms with Gasteiger partial charge in [-0.15, -0.1) is 47.0 Å². The van der Waals surface area contributed by atoms with Crippen LogP contribution in [-0.2, 0) is 10.8 Å². The summed E-state index contributed by atoms with van der Waals surface area (Å²) in [6.45, 7) is 0. The van der Waals surface area contributed by atoms with E-state index < -0.39 is 10.8 Å². The highest BCUT2D eigenvalue weighted by Gasteiger charge is 2.78. The average molecular weight is 1390 g/mol. The summed E-state index contributed by atoms with van der Waals surface area (Å²) < 4.78 is 8.64. The molecule has 32 aromatic rings. The Bertz CT molecular complexity index is 9010. The molecule has 2 heterocycles. The molecule has 0 aromatic heterocycles. The molecule has 2 atom stereocenters. The van der Waals surface area contributed by atoms with Crippen molar-refractivity contribution in [1.82, 2.24) is 0 Å². The van der Waals surface area contributed by atoms with Crippen molar-refractivity contribution in [3.8, 4) is 0 Å². The predicted octanol–water partition coefficient (Wildman–Crippen LogP) is 26.7. The molecule has 0 N–H and O–H groups in total. The fourth-order valence-corrected chi connectivity index (χ4v) is 41.4. The van der Waals surface area contributed by atoms with Gasteiger partial charge in [0.2, 0.25) is 0 Å². The van der Waals surface area contributed by atoms with Crippen molar-refractivity contribution in [1.29, 1.82) is 0 Å². The van der Waals surface area contributed by atoms with Gasteiger partial charge in [0.05, 0.1) is 25.4 Å². The van der Waals surface area contributed by atoms with Crippen molar-refractivity contribution in [3.63, 3.8) is 0 Å². The van der Waals surface area contributed by atoms with E-state index in [4.69, 9.17) is 0 Å². The first kappa shape index (κ1) is 45.0. The predicted molar refractivity (Wildman–Crippen MR) is 450 cm³/mol. The van der Waals surface area contributed by atoms with Crippen LogP contribution in [0.2, 0.25) is 0 Å². The van der Waals surface area contributed by atoms with E-state index in [2.05, 4.69) is 133 Å². The van der Waals surface area contributed by atoms with Gasteiger partial charge in [0.15, 0.2) is 0 Å². The minimum absolute atomic E-state index is 0.0258. The number of fused-ring (bicyclic) bond motifs is 2. The van der Waals surface area contributed by atoms with E-state index >= 15 is 0 Å². The summed E-state index contributed by atoms with van der Waals surface area (Å²) in [5, 5.41) is 98.7. The standard InChI is InChI=1S/C92H24S8/c1-93-87-88(94-2)98-85(97-87)23-15-9-5-6-10-16(15)24(86-99-89(95-3)90(96-4)100-86)20-14-22-21(13-19(20)23)79-17-11-7-8-12-18(17)80(22)92-83-73-65-55-45-37-29-26-25-27-31-33(29)41-47-39(31)49-43-35(27)36-28(25)32-34-30(26)38(37)46-52-42(34)48-40(32)50-44(36)54-53(43)63-57(49)67-61(47)69(59(65)51(41)45)77(83)75(67)81-71(63)72-64(54)58(50)68-62(48)70-60(52)66(56(46)55)74(73)84(92)78(70)76(68)82(72)91(79,81)92/h5-14,79-80H,1-4H3/t79-,80+,91?,92?. The molecule has 0 radical (unpaired) electrons. The van der Waals surface area contributed by atoms with E-state index in [9.17, 15) is 0 Å². The third kappa shape index (κ3) is 3.00. The van der Waals surface area contributed by atoms with Crippen LogP contribution in [0.15, 0.2) is 77.6 Å². The van der Waals surface area contributed by atoms with Crippen LogP contribution in [0.25, 0.3) is 321 Å². The van der Waals surface area contributed by atoms with Crippen molar-refractivity contribution in [2.24, 2.45) is 0 Å². The average Bonchev–Trinajstić information content (AvgIpc) is 1.37. The number of hydrogen-bond donors (Lipinski definition) is 0. The van der Waals surface area contributed by atoms with Gasteiger partial charge >= 0.3 is 0 Å². The molecule has 440 valence electrons. The van der Waals surface area contributed by atoms with Gasteiger partial charge in [-0.1, -0.05) is 95.6 Å². The van der Waals surface area contributed by atoms with Gasteiger partial charge in [-0.3, -0.25) is 0 Å². The lowest BCUT2D eigenvalue weighted by molar-refractivity contribution is 0.219. The normalized spacial score (nSPS) is 22.8. The second kappa shape index (κ2) is 11.8. The third-order valence-electron chi connectivity index (χ3n) is 32.0. The van der Waals surface area contributed by atoms with E-state index in [-0.39, 0.29) is 11.8 Å². The van der Waals surface area contributed by atoms with Gasteiger partial charge in [0, 0.05) is 33.1 Å². The lowest BCUT2D eigenvalue weighted by Gasteiger charge is -2.67. The molecule has 8 heteroatoms. The Morgan fingerprint density at radius 3 is 0.590 bits per heavy atom. The zero-order valence-corrected chi connectivity index (χ0v) is 58.7. The fourth-order valence-electron chi connectivity index (χ4n) is 31.1. The Balaban J connectivity index is 0.872. The first-order chi connectivity index (χ1) is 49.6. The Morgan fingerprint density at radius 2 is 0.400 bits per heavy atom. The van der Waals surface area contributed by atoms with Crippen molar-refractivity contribution < 1.29 is 0 Å². The molecule has 100 heavy (non-hydrogen) atoms. The summed E-state index contributed by atoms with van der Waals surface area (Å²) in [5.74, 6) is 0.0516. The number of thioether (sulfide) groups is 8. The van der Waals surface area contributed by atoms with Crippen LogP contribution in [0.3, 0.4) is 0 Å². The lowest BCUT2D eigenvalue weighted by atomic mass is 9.33. The van der Waals surface area contributed by atoms with Crippen molar-refractivity contribution in [2.75, 3.05) is 25.0 Å². The maximum absolute atomic E-state index is 2.95. The Hall–Kier alpha value is -8.12. The van der Waals surface area contributed by atoms with Crippen LogP contribution in [0.5, 0.6) is 0 Å². The third-order valence-corrected chi connectivity index (χ3v) is 42.5. The van der Waals surface area contributed by atoms with E-state index in [0.717, 1.165) is 0 Å². The summed E-state index contributed by atoms with van der Waals surface area (Å²) in [5.41, 5.74) is 12.6. The molecule has 2 spiro atoms. The summed E-state index contributed by atoms with van der Waals surface area (Å²) in [6, 6.07) is 26.0. The van der Waals surface area contributed by atoms with Gasteiger partial charge in [-0.25, -0.2) is 0 Å². The van der Waals surface area contributed by atoms with Crippen LogP contribution in [0, 0.1) is 0 Å². The van der Waals surface area contributed by atoms with Crippen LogP contribution in [-0.4, -0.2) is 25.0 Å². The highest BCUT2D eigenvalue weighted by atomic mass is 32.3. The molecule has 2 aliphatic heterocycles. The molecule has 7 aliphatic carbocycles. The van der Waals surface area contributed by atoms with Gasteiger partial charge in [0.1, 0.15) is 0 Å². The minimum atomic E-state index is -0.474. The van der Waals surface area contributed by atoms with Crippen LogP contribution >= 0.6 is 94.1 Å². The number of rotatable bonds is 4. The maximum Gasteiger partial charge on any atom is 0.0657 e. The monoisotopic (exact) mass is 1380 g/mol. The van der Waals surface area contributed by atoms with Gasteiger partial charge in [-0.2, -0.15) is 0 Å². The molecular formula is C92H24S8. The molecule has 0 unspecified atom stereocenters. The van der Waals surface area contributed by atoms with Crippen LogP contribution in [0.1, 0.15) is 56.3 Å². The Kier molecular flexibility index (Phi) is 5.29. The van der Waals surface area contributed by atoms with E-state index in [1.807, 2.05) is 47.0 Å². The first-order valence-corrected chi connectivity index (χ1v) is 43.8. The van der Waals surface area contributed by atoms with Crippen molar-refractivity contribution in [2.45, 2.75) is 22.7 Å². The fraction of sp³-hybridized carbons (Fsp3) is 0.0870. The van der Waals surface area contributed by atoms with E-state index in [1.54, 1.807) is 335 Å². The van der Waals surface area contributed by atoms with Gasteiger partial charge in [0.25, 0.3) is 0 Å². The molecule has 32 aromatic carbocycles. The summed E-state index contributed by atoms with van der Waals surface area (Å²) in [4.78, 5) is 0. The highest BCUT2D eigenvalue weighted by Crippen LogP contribution is 2.90. The Morgan fingerprint density at radius 1 is 0.220 bits per heavy atom. The minimum Gasteiger partial charge on any atom is -0.121 e. The van der Waals surface area contributed by atoms with E-state index in [0.29, 0.717) is 0 Å². The van der Waals surface area contributed by atoms with Crippen LogP contribution in [0.4, 0.5) is 0 Å². The molecule has 0 amide bonds. The van der Waals surface area contributed by atoms with Crippen molar-refractivity contribution in [3.05, 3.63) is 133 Å². The van der Waals surface area contributed by atoms with Gasteiger partial charge in [-0.05, 0) is 394 Å². The highest BCUT2D eigenvalue weighted by molar-refractivity contribution is 8.46. The maximum atomic E-state index is 2.95. The first-order valence-electron chi connectivity index (χ1n) is 35.6. The SMILES string of the molecule is CSC1=C(SC)SC(=c2c3ccccc3c(=C3SC(SC)=C(SC)S3)c3cc4c(cc23)[C@H]2c3ccccc3[C@@H]4C34c5c6c7c8c9c%10c(c%11c%12c3c3c5c5c%13c6c6c7c7c9c9c%14c%10c%10c%11c%11c%12c%12c3c3c5c5c%13c%13c6c6c7c9c7c9c%14c%10c%10c%11c%11c%12c3c3c5c5c%13c6c7c6c9c%10c%11c3c56)C824)S1. The summed E-state index contributed by atoms with van der Waals surface area (Å²) >= 11 is 16.0. The zero-order chi connectivity index (χ0) is 61.6. The quantitative estimate of drug-likeness (QED) is 0.125. The molecule has 41 rings (SSSR count). The second-order valence-corrected chi connectivity index (χ2v) is 42.0. The molecular weight excluding hydrogens is 1360 g/mol. The van der Waals surface area contributed by atoms with Crippen LogP contribution < -0.4 is 10.4 Å². The number of benzene rings is 22. The van der Waals surface area contributed by atoms with Gasteiger partial charge < -0.3 is 0 Å². The molecule has 9 aliphatic rings. The summed E-state index contributed by atoms with van der Waals surface area (Å²) in [6.07, 6.45) is 9.22. The topological polar surface area (TPSA) is 0 Å².